The number of carbonyl (C=O) groups excluding carboxylic acids is 1. The maximum Gasteiger partial charge on any atom is 0.240 e. The number of carbonyl (C=O) groups is 1. The normalized spacial score (nSPS) is 21.3. The molecule has 0 spiro atoms. The smallest absolute Gasteiger partial charge is 0.240 e. The van der Waals surface area contributed by atoms with Gasteiger partial charge in [0.2, 0.25) is 5.91 Å². The molecule has 2 nitrogen and oxygen atoms in total. The van der Waals surface area contributed by atoms with Crippen molar-refractivity contribution in [2.75, 3.05) is 11.4 Å². The van der Waals surface area contributed by atoms with Crippen molar-refractivity contribution in [2.24, 2.45) is 0 Å². The van der Waals surface area contributed by atoms with E-state index >= 15 is 0 Å². The highest BCUT2D eigenvalue weighted by Gasteiger charge is 2.30. The second kappa shape index (κ2) is 4.84. The number of halogens is 3. The second-order valence-electron chi connectivity index (χ2n) is 3.67. The van der Waals surface area contributed by atoms with Gasteiger partial charge in [-0.2, -0.15) is 0 Å². The minimum absolute atomic E-state index is 0.0722. The summed E-state index contributed by atoms with van der Waals surface area (Å²) in [5.41, 5.74) is 0.344. The van der Waals surface area contributed by atoms with Crippen molar-refractivity contribution < 1.29 is 9.18 Å². The quantitative estimate of drug-likeness (QED) is 0.710. The summed E-state index contributed by atoms with van der Waals surface area (Å²) < 4.78 is 14.3. The van der Waals surface area contributed by atoms with Crippen molar-refractivity contribution in [1.29, 1.82) is 0 Å². The van der Waals surface area contributed by atoms with Gasteiger partial charge in [0.15, 0.2) is 0 Å². The molecule has 86 valence electrons. The van der Waals surface area contributed by atoms with Crippen molar-refractivity contribution in [2.45, 2.75) is 17.7 Å². The maximum absolute atomic E-state index is 13.7. The van der Waals surface area contributed by atoms with Gasteiger partial charge < -0.3 is 4.90 Å². The van der Waals surface area contributed by atoms with E-state index in [-0.39, 0.29) is 16.6 Å². The Balaban J connectivity index is 2.40. The first-order chi connectivity index (χ1) is 7.61. The molecule has 1 aliphatic rings. The lowest BCUT2D eigenvalue weighted by molar-refractivity contribution is -0.118. The standard InChI is InChI=1S/C11H10Br2FNO/c12-7-3-1-5-9(14)10(7)15-6-2-4-8(13)11(15)16/h1,3,5,8H,2,4,6H2. The molecule has 1 aromatic carbocycles. The molecule has 1 saturated heterocycles. The Bertz CT molecular complexity index is 404. The summed E-state index contributed by atoms with van der Waals surface area (Å²) in [5.74, 6) is -0.443. The summed E-state index contributed by atoms with van der Waals surface area (Å²) >= 11 is 6.59. The highest BCUT2D eigenvalue weighted by Crippen LogP contribution is 2.32. The summed E-state index contributed by atoms with van der Waals surface area (Å²) in [6.07, 6.45) is 1.68. The predicted octanol–water partition coefficient (Wildman–Crippen LogP) is 3.48. The first-order valence-electron chi connectivity index (χ1n) is 5.00. The van der Waals surface area contributed by atoms with Gasteiger partial charge in [-0.3, -0.25) is 4.79 Å². The van der Waals surface area contributed by atoms with E-state index in [1.807, 2.05) is 0 Å². The van der Waals surface area contributed by atoms with Crippen LogP contribution in [-0.4, -0.2) is 17.3 Å². The number of amides is 1. The van der Waals surface area contributed by atoms with Gasteiger partial charge in [-0.15, -0.1) is 0 Å². The lowest BCUT2D eigenvalue weighted by Gasteiger charge is -2.30. The summed E-state index contributed by atoms with van der Waals surface area (Å²) in [5, 5.41) is 0. The molecule has 1 atom stereocenters. The van der Waals surface area contributed by atoms with E-state index in [0.29, 0.717) is 16.7 Å². The van der Waals surface area contributed by atoms with Gasteiger partial charge in [0.1, 0.15) is 5.82 Å². The van der Waals surface area contributed by atoms with E-state index in [1.165, 1.54) is 11.0 Å². The molecular formula is C11H10Br2FNO. The summed E-state index contributed by atoms with van der Waals surface area (Å²) in [4.78, 5) is 13.2. The third kappa shape index (κ3) is 2.15. The van der Waals surface area contributed by atoms with Crippen LogP contribution in [0.4, 0.5) is 10.1 Å². The largest absolute Gasteiger partial charge is 0.308 e. The van der Waals surface area contributed by atoms with Gasteiger partial charge in [-0.25, -0.2) is 4.39 Å². The average Bonchev–Trinajstić information content (AvgIpc) is 2.24. The number of benzene rings is 1. The van der Waals surface area contributed by atoms with Crippen molar-refractivity contribution in [1.82, 2.24) is 0 Å². The Morgan fingerprint density at radius 3 is 2.88 bits per heavy atom. The molecular weight excluding hydrogens is 341 g/mol. The fourth-order valence-corrected chi connectivity index (χ4v) is 2.93. The number of alkyl halides is 1. The molecule has 1 heterocycles. The zero-order valence-electron chi connectivity index (χ0n) is 8.42. The molecule has 1 unspecified atom stereocenters. The van der Waals surface area contributed by atoms with Crippen LogP contribution >= 0.6 is 31.9 Å². The molecule has 0 aliphatic carbocycles. The lowest BCUT2D eigenvalue weighted by atomic mass is 10.1. The Hall–Kier alpha value is -0.420. The minimum atomic E-state index is -0.371. The van der Waals surface area contributed by atoms with Crippen LogP contribution in [0, 0.1) is 5.82 Å². The number of nitrogens with zero attached hydrogens (tertiary/aromatic N) is 1. The number of anilines is 1. The van der Waals surface area contributed by atoms with Crippen LogP contribution in [0.25, 0.3) is 0 Å². The third-order valence-electron chi connectivity index (χ3n) is 2.58. The zero-order valence-corrected chi connectivity index (χ0v) is 11.6. The van der Waals surface area contributed by atoms with E-state index < -0.39 is 0 Å². The molecule has 0 aromatic heterocycles. The molecule has 1 amide bonds. The summed E-state index contributed by atoms with van der Waals surface area (Å²) in [6.45, 7) is 0.570. The van der Waals surface area contributed by atoms with Crippen LogP contribution in [0.5, 0.6) is 0 Å². The number of hydrogen-bond acceptors (Lipinski definition) is 1. The third-order valence-corrected chi connectivity index (χ3v) is 4.07. The number of para-hydroxylation sites is 1. The first-order valence-corrected chi connectivity index (χ1v) is 6.71. The zero-order chi connectivity index (χ0) is 11.7. The number of hydrogen-bond donors (Lipinski definition) is 0. The molecule has 5 heteroatoms. The van der Waals surface area contributed by atoms with Crippen molar-refractivity contribution in [3.05, 3.63) is 28.5 Å². The van der Waals surface area contributed by atoms with Gasteiger partial charge in [0, 0.05) is 11.0 Å². The Morgan fingerprint density at radius 2 is 2.19 bits per heavy atom. The first kappa shape index (κ1) is 12.0. The van der Waals surface area contributed by atoms with E-state index in [9.17, 15) is 9.18 Å². The molecule has 0 bridgehead atoms. The van der Waals surface area contributed by atoms with Gasteiger partial charge in [-0.1, -0.05) is 22.0 Å². The SMILES string of the molecule is O=C1C(Br)CCCN1c1c(F)cccc1Br. The molecule has 0 N–H and O–H groups in total. The van der Waals surface area contributed by atoms with Gasteiger partial charge in [0.25, 0.3) is 0 Å². The van der Waals surface area contributed by atoms with E-state index in [4.69, 9.17) is 0 Å². The van der Waals surface area contributed by atoms with E-state index in [2.05, 4.69) is 31.9 Å². The average molecular weight is 351 g/mol. The van der Waals surface area contributed by atoms with E-state index in [0.717, 1.165) is 12.8 Å². The van der Waals surface area contributed by atoms with Crippen LogP contribution in [0.15, 0.2) is 22.7 Å². The van der Waals surface area contributed by atoms with Crippen LogP contribution in [0.2, 0.25) is 0 Å². The van der Waals surface area contributed by atoms with Crippen molar-refractivity contribution in [3.8, 4) is 0 Å². The maximum atomic E-state index is 13.7. The van der Waals surface area contributed by atoms with E-state index in [1.54, 1.807) is 12.1 Å². The summed E-state index contributed by atoms with van der Waals surface area (Å²) in [6, 6.07) is 4.72. The molecule has 0 radical (unpaired) electrons. The molecule has 1 aromatic rings. The molecule has 16 heavy (non-hydrogen) atoms. The van der Waals surface area contributed by atoms with Crippen LogP contribution < -0.4 is 4.90 Å². The molecule has 0 saturated carbocycles. The fraction of sp³-hybridized carbons (Fsp3) is 0.364. The molecule has 1 aliphatic heterocycles. The van der Waals surface area contributed by atoms with Gasteiger partial charge >= 0.3 is 0 Å². The van der Waals surface area contributed by atoms with Gasteiger partial charge in [-0.05, 0) is 40.9 Å². The monoisotopic (exact) mass is 349 g/mol. The topological polar surface area (TPSA) is 20.3 Å². The number of rotatable bonds is 1. The Morgan fingerprint density at radius 1 is 1.44 bits per heavy atom. The molecule has 1 fully saturated rings. The Labute approximate surface area is 110 Å². The van der Waals surface area contributed by atoms with Crippen LogP contribution in [0.3, 0.4) is 0 Å². The van der Waals surface area contributed by atoms with Gasteiger partial charge in [0.05, 0.1) is 10.5 Å². The molecule has 2 rings (SSSR count). The predicted molar refractivity (Wildman–Crippen MR) is 68.4 cm³/mol. The van der Waals surface area contributed by atoms with Crippen LogP contribution in [0.1, 0.15) is 12.8 Å². The summed E-state index contributed by atoms with van der Waals surface area (Å²) in [7, 11) is 0. The minimum Gasteiger partial charge on any atom is -0.308 e. The number of piperidine rings is 1. The lowest BCUT2D eigenvalue weighted by Crippen LogP contribution is -2.42. The highest BCUT2D eigenvalue weighted by molar-refractivity contribution is 9.10. The van der Waals surface area contributed by atoms with Crippen LogP contribution in [-0.2, 0) is 4.79 Å². The fourth-order valence-electron chi connectivity index (χ4n) is 1.80. The van der Waals surface area contributed by atoms with Crippen molar-refractivity contribution >= 4 is 43.5 Å². The highest BCUT2D eigenvalue weighted by atomic mass is 79.9. The Kier molecular flexibility index (Phi) is 3.64. The second-order valence-corrected chi connectivity index (χ2v) is 5.63. The van der Waals surface area contributed by atoms with Crippen molar-refractivity contribution in [3.63, 3.8) is 0 Å².